The van der Waals surface area contributed by atoms with Gasteiger partial charge in [-0.05, 0) is 54.9 Å². The summed E-state index contributed by atoms with van der Waals surface area (Å²) in [5, 5.41) is 0.222. The highest BCUT2D eigenvalue weighted by Crippen LogP contribution is 2.17. The predicted octanol–water partition coefficient (Wildman–Crippen LogP) is 2.81. The van der Waals surface area contributed by atoms with Gasteiger partial charge in [0.15, 0.2) is 5.22 Å². The summed E-state index contributed by atoms with van der Waals surface area (Å²) in [6, 6.07) is 9.37. The Morgan fingerprint density at radius 2 is 1.90 bits per heavy atom. The molecule has 2 aromatic rings. The lowest BCUT2D eigenvalue weighted by atomic mass is 10.3. The molecule has 7 heteroatoms. The normalized spacial score (nSPS) is 11.5. The summed E-state index contributed by atoms with van der Waals surface area (Å²) < 4.78 is 36.9. The Labute approximate surface area is 122 Å². The molecule has 0 spiro atoms. The molecule has 0 amide bonds. The van der Waals surface area contributed by atoms with Crippen LogP contribution in [0.4, 0.5) is 0 Å². The van der Waals surface area contributed by atoms with Gasteiger partial charge in [-0.15, -0.1) is 0 Å². The van der Waals surface area contributed by atoms with Crippen LogP contribution in [0.3, 0.4) is 0 Å². The number of halogens is 1. The second kappa shape index (κ2) is 6.30. The van der Waals surface area contributed by atoms with Gasteiger partial charge in [-0.1, -0.05) is 0 Å². The van der Waals surface area contributed by atoms with Gasteiger partial charge in [0.2, 0.25) is 10.0 Å². The number of furan rings is 1. The van der Waals surface area contributed by atoms with Crippen molar-refractivity contribution in [1.29, 1.82) is 0 Å². The Balaban J connectivity index is 2.05. The molecular weight excluding hydrogens is 302 g/mol. The van der Waals surface area contributed by atoms with Gasteiger partial charge in [0.1, 0.15) is 11.5 Å². The minimum Gasteiger partial charge on any atom is -0.494 e. The molecule has 0 unspecified atom stereocenters. The summed E-state index contributed by atoms with van der Waals surface area (Å²) in [6.07, 6.45) is 0. The van der Waals surface area contributed by atoms with E-state index in [4.69, 9.17) is 20.8 Å². The van der Waals surface area contributed by atoms with E-state index in [9.17, 15) is 8.42 Å². The molecule has 1 N–H and O–H groups in total. The summed E-state index contributed by atoms with van der Waals surface area (Å²) in [5.41, 5.74) is 0. The van der Waals surface area contributed by atoms with Crippen molar-refractivity contribution in [3.8, 4) is 5.75 Å². The van der Waals surface area contributed by atoms with Crippen LogP contribution < -0.4 is 9.46 Å². The molecule has 1 aromatic heterocycles. The monoisotopic (exact) mass is 315 g/mol. The Kier molecular flexibility index (Phi) is 4.69. The van der Waals surface area contributed by atoms with Crippen LogP contribution in [0.5, 0.6) is 5.75 Å². The summed E-state index contributed by atoms with van der Waals surface area (Å²) >= 11 is 5.62. The molecule has 0 aliphatic carbocycles. The van der Waals surface area contributed by atoms with Crippen LogP contribution in [0.15, 0.2) is 45.7 Å². The average molecular weight is 316 g/mol. The molecule has 0 fully saturated rings. The van der Waals surface area contributed by atoms with Gasteiger partial charge in [-0.3, -0.25) is 0 Å². The van der Waals surface area contributed by atoms with Gasteiger partial charge < -0.3 is 9.15 Å². The average Bonchev–Trinajstić information content (AvgIpc) is 2.84. The minimum absolute atomic E-state index is 0.0439. The van der Waals surface area contributed by atoms with E-state index in [1.807, 2.05) is 6.92 Å². The van der Waals surface area contributed by atoms with E-state index in [0.29, 0.717) is 18.1 Å². The van der Waals surface area contributed by atoms with Crippen molar-refractivity contribution < 1.29 is 17.6 Å². The maximum absolute atomic E-state index is 12.1. The first-order valence-electron chi connectivity index (χ1n) is 5.98. The number of nitrogens with one attached hydrogen (secondary N) is 1. The van der Waals surface area contributed by atoms with Crippen molar-refractivity contribution in [3.05, 3.63) is 47.4 Å². The van der Waals surface area contributed by atoms with E-state index < -0.39 is 10.0 Å². The molecule has 1 aromatic carbocycles. The van der Waals surface area contributed by atoms with Gasteiger partial charge >= 0.3 is 0 Å². The zero-order valence-corrected chi connectivity index (χ0v) is 12.4. The first-order valence-corrected chi connectivity index (χ1v) is 7.84. The molecule has 0 atom stereocenters. The quantitative estimate of drug-likeness (QED) is 0.890. The number of hydrogen-bond donors (Lipinski definition) is 1. The zero-order chi connectivity index (χ0) is 14.6. The second-order valence-corrected chi connectivity index (χ2v) is 6.07. The highest BCUT2D eigenvalue weighted by atomic mass is 35.5. The highest BCUT2D eigenvalue weighted by Gasteiger charge is 2.14. The first kappa shape index (κ1) is 14.9. The third-order valence-electron chi connectivity index (χ3n) is 2.51. The Bertz CT molecular complexity index is 664. The molecule has 1 heterocycles. The lowest BCUT2D eigenvalue weighted by Crippen LogP contribution is -2.22. The van der Waals surface area contributed by atoms with Gasteiger partial charge in [0, 0.05) is 0 Å². The van der Waals surface area contributed by atoms with E-state index in [1.165, 1.54) is 12.1 Å². The predicted molar refractivity (Wildman–Crippen MR) is 75.4 cm³/mol. The Morgan fingerprint density at radius 1 is 1.20 bits per heavy atom. The molecular formula is C13H14ClNO4S. The summed E-state index contributed by atoms with van der Waals surface area (Å²) in [6.45, 7) is 2.44. The van der Waals surface area contributed by atoms with Crippen molar-refractivity contribution in [3.63, 3.8) is 0 Å². The SMILES string of the molecule is CCOc1ccc(S(=O)(=O)NCc2ccc(Cl)o2)cc1. The van der Waals surface area contributed by atoms with Crippen LogP contribution in [-0.4, -0.2) is 15.0 Å². The second-order valence-electron chi connectivity index (χ2n) is 3.93. The van der Waals surface area contributed by atoms with Gasteiger partial charge in [-0.2, -0.15) is 0 Å². The van der Waals surface area contributed by atoms with Crippen molar-refractivity contribution in [2.24, 2.45) is 0 Å². The summed E-state index contributed by atoms with van der Waals surface area (Å²) in [5.74, 6) is 1.08. The third-order valence-corrected chi connectivity index (χ3v) is 4.13. The molecule has 20 heavy (non-hydrogen) atoms. The molecule has 0 saturated carbocycles. The van der Waals surface area contributed by atoms with Crippen LogP contribution in [0, 0.1) is 0 Å². The number of ether oxygens (including phenoxy) is 1. The van der Waals surface area contributed by atoms with E-state index in [-0.39, 0.29) is 16.7 Å². The van der Waals surface area contributed by atoms with E-state index >= 15 is 0 Å². The maximum atomic E-state index is 12.1. The first-order chi connectivity index (χ1) is 9.51. The molecule has 5 nitrogen and oxygen atoms in total. The fourth-order valence-corrected chi connectivity index (χ4v) is 2.73. The third kappa shape index (κ3) is 3.75. The van der Waals surface area contributed by atoms with Crippen molar-refractivity contribution in [2.75, 3.05) is 6.61 Å². The van der Waals surface area contributed by atoms with E-state index in [1.54, 1.807) is 24.3 Å². The van der Waals surface area contributed by atoms with Crippen LogP contribution in [0.1, 0.15) is 12.7 Å². The highest BCUT2D eigenvalue weighted by molar-refractivity contribution is 7.89. The molecule has 108 valence electrons. The van der Waals surface area contributed by atoms with E-state index in [0.717, 1.165) is 0 Å². The fraction of sp³-hybridized carbons (Fsp3) is 0.231. The Hall–Kier alpha value is -1.50. The maximum Gasteiger partial charge on any atom is 0.240 e. The number of hydrogen-bond acceptors (Lipinski definition) is 4. The molecule has 0 radical (unpaired) electrons. The molecule has 0 bridgehead atoms. The number of benzene rings is 1. The fourth-order valence-electron chi connectivity index (χ4n) is 1.58. The molecule has 0 aliphatic rings. The van der Waals surface area contributed by atoms with Crippen molar-refractivity contribution in [1.82, 2.24) is 4.72 Å². The van der Waals surface area contributed by atoms with Crippen LogP contribution in [-0.2, 0) is 16.6 Å². The van der Waals surface area contributed by atoms with Crippen LogP contribution in [0.25, 0.3) is 0 Å². The Morgan fingerprint density at radius 3 is 2.45 bits per heavy atom. The summed E-state index contributed by atoms with van der Waals surface area (Å²) in [4.78, 5) is 0.165. The minimum atomic E-state index is -3.59. The van der Waals surface area contributed by atoms with Crippen LogP contribution >= 0.6 is 11.6 Å². The molecule has 0 saturated heterocycles. The molecule has 2 rings (SSSR count). The summed E-state index contributed by atoms with van der Waals surface area (Å²) in [7, 11) is -3.59. The van der Waals surface area contributed by atoms with Crippen molar-refractivity contribution in [2.45, 2.75) is 18.4 Å². The van der Waals surface area contributed by atoms with Crippen molar-refractivity contribution >= 4 is 21.6 Å². The van der Waals surface area contributed by atoms with E-state index in [2.05, 4.69) is 4.72 Å². The number of rotatable bonds is 6. The van der Waals surface area contributed by atoms with Crippen LogP contribution in [0.2, 0.25) is 5.22 Å². The van der Waals surface area contributed by atoms with Gasteiger partial charge in [0.05, 0.1) is 18.0 Å². The standard InChI is InChI=1S/C13H14ClNO4S/c1-2-18-10-3-6-12(7-4-10)20(16,17)15-9-11-5-8-13(14)19-11/h3-8,15H,2,9H2,1H3. The lowest BCUT2D eigenvalue weighted by Gasteiger charge is -2.07. The van der Waals surface area contributed by atoms with Gasteiger partial charge in [-0.25, -0.2) is 13.1 Å². The topological polar surface area (TPSA) is 68.5 Å². The smallest absolute Gasteiger partial charge is 0.240 e. The van der Waals surface area contributed by atoms with Gasteiger partial charge in [0.25, 0.3) is 0 Å². The largest absolute Gasteiger partial charge is 0.494 e. The molecule has 0 aliphatic heterocycles. The lowest BCUT2D eigenvalue weighted by molar-refractivity contribution is 0.340. The number of sulfonamides is 1. The zero-order valence-electron chi connectivity index (χ0n) is 10.8.